The van der Waals surface area contributed by atoms with Crippen molar-refractivity contribution in [2.24, 2.45) is 0 Å². The van der Waals surface area contributed by atoms with Crippen LogP contribution in [0.15, 0.2) is 42.5 Å². The van der Waals surface area contributed by atoms with E-state index in [0.29, 0.717) is 11.1 Å². The lowest BCUT2D eigenvalue weighted by molar-refractivity contribution is 0.445. The SMILES string of the molecule is Clc1ccc(-n2nc3ccc(NC4CCC4)cc3n2)cc1. The first-order chi connectivity index (χ1) is 10.3. The van der Waals surface area contributed by atoms with Gasteiger partial charge in [0.05, 0.1) is 5.69 Å². The zero-order valence-corrected chi connectivity index (χ0v) is 12.2. The molecule has 0 aliphatic heterocycles. The maximum Gasteiger partial charge on any atom is 0.115 e. The highest BCUT2D eigenvalue weighted by Gasteiger charge is 2.17. The van der Waals surface area contributed by atoms with E-state index in [1.807, 2.05) is 30.3 Å². The second-order valence-electron chi connectivity index (χ2n) is 5.44. The van der Waals surface area contributed by atoms with E-state index >= 15 is 0 Å². The number of nitrogens with one attached hydrogen (secondary N) is 1. The largest absolute Gasteiger partial charge is 0.382 e. The van der Waals surface area contributed by atoms with Gasteiger partial charge in [-0.3, -0.25) is 0 Å². The molecule has 0 amide bonds. The first-order valence-corrected chi connectivity index (χ1v) is 7.55. The zero-order chi connectivity index (χ0) is 14.2. The third-order valence-electron chi connectivity index (χ3n) is 3.91. The van der Waals surface area contributed by atoms with E-state index in [4.69, 9.17) is 11.6 Å². The summed E-state index contributed by atoms with van der Waals surface area (Å²) in [6.45, 7) is 0. The number of hydrogen-bond acceptors (Lipinski definition) is 3. The van der Waals surface area contributed by atoms with Crippen molar-refractivity contribution >= 4 is 28.3 Å². The second kappa shape index (κ2) is 5.04. The Morgan fingerprint density at radius 2 is 1.76 bits per heavy atom. The van der Waals surface area contributed by atoms with Crippen molar-refractivity contribution in [2.75, 3.05) is 5.32 Å². The molecule has 5 heteroatoms. The number of halogens is 1. The Morgan fingerprint density at radius 1 is 1.00 bits per heavy atom. The predicted octanol–water partition coefficient (Wildman–Crippen LogP) is 4.04. The first-order valence-electron chi connectivity index (χ1n) is 7.17. The summed E-state index contributed by atoms with van der Waals surface area (Å²) in [5.41, 5.74) is 3.82. The molecule has 2 aromatic carbocycles. The van der Waals surface area contributed by atoms with Gasteiger partial charge in [-0.15, -0.1) is 10.2 Å². The van der Waals surface area contributed by atoms with Crippen molar-refractivity contribution in [1.82, 2.24) is 15.0 Å². The standard InChI is InChI=1S/C16H15ClN4/c17-11-4-7-14(8-5-11)21-19-15-9-6-13(10-16(15)20-21)18-12-2-1-3-12/h4-10,12,18H,1-3H2. The number of fused-ring (bicyclic) bond motifs is 1. The Hall–Kier alpha value is -2.07. The van der Waals surface area contributed by atoms with E-state index in [9.17, 15) is 0 Å². The fraction of sp³-hybridized carbons (Fsp3) is 0.250. The molecule has 106 valence electrons. The Morgan fingerprint density at radius 3 is 2.48 bits per heavy atom. The van der Waals surface area contributed by atoms with Crippen LogP contribution in [-0.4, -0.2) is 21.0 Å². The number of rotatable bonds is 3. The van der Waals surface area contributed by atoms with E-state index in [2.05, 4.69) is 27.6 Å². The third-order valence-corrected chi connectivity index (χ3v) is 4.17. The van der Waals surface area contributed by atoms with Gasteiger partial charge in [-0.25, -0.2) is 0 Å². The van der Waals surface area contributed by atoms with Crippen molar-refractivity contribution in [2.45, 2.75) is 25.3 Å². The van der Waals surface area contributed by atoms with Gasteiger partial charge in [0.15, 0.2) is 0 Å². The molecule has 0 spiro atoms. The molecule has 1 aliphatic carbocycles. The molecule has 3 aromatic rings. The first kappa shape index (κ1) is 12.7. The molecule has 0 radical (unpaired) electrons. The second-order valence-corrected chi connectivity index (χ2v) is 5.88. The quantitative estimate of drug-likeness (QED) is 0.793. The minimum Gasteiger partial charge on any atom is -0.382 e. The lowest BCUT2D eigenvalue weighted by Crippen LogP contribution is -2.26. The maximum absolute atomic E-state index is 5.91. The van der Waals surface area contributed by atoms with E-state index in [1.165, 1.54) is 19.3 Å². The van der Waals surface area contributed by atoms with Gasteiger partial charge >= 0.3 is 0 Å². The molecular formula is C16H15ClN4. The van der Waals surface area contributed by atoms with E-state index in [-0.39, 0.29) is 0 Å². The summed E-state index contributed by atoms with van der Waals surface area (Å²) >= 11 is 5.91. The highest BCUT2D eigenvalue weighted by molar-refractivity contribution is 6.30. The zero-order valence-electron chi connectivity index (χ0n) is 11.5. The van der Waals surface area contributed by atoms with Crippen molar-refractivity contribution in [3.05, 3.63) is 47.5 Å². The molecular weight excluding hydrogens is 284 g/mol. The molecule has 0 bridgehead atoms. The lowest BCUT2D eigenvalue weighted by Gasteiger charge is -2.27. The molecule has 4 nitrogen and oxygen atoms in total. The van der Waals surface area contributed by atoms with Gasteiger partial charge in [-0.1, -0.05) is 11.6 Å². The lowest BCUT2D eigenvalue weighted by atomic mass is 9.93. The van der Waals surface area contributed by atoms with E-state index < -0.39 is 0 Å². The summed E-state index contributed by atoms with van der Waals surface area (Å²) in [6.07, 6.45) is 3.84. The van der Waals surface area contributed by atoms with Gasteiger partial charge in [0.25, 0.3) is 0 Å². The molecule has 1 heterocycles. The van der Waals surface area contributed by atoms with E-state index in [0.717, 1.165) is 22.4 Å². The smallest absolute Gasteiger partial charge is 0.115 e. The minimum absolute atomic E-state index is 0.619. The molecule has 4 rings (SSSR count). The summed E-state index contributed by atoms with van der Waals surface area (Å²) < 4.78 is 0. The summed E-state index contributed by atoms with van der Waals surface area (Å²) in [7, 11) is 0. The van der Waals surface area contributed by atoms with Crippen LogP contribution < -0.4 is 5.32 Å². The molecule has 1 aromatic heterocycles. The average Bonchev–Trinajstić information content (AvgIpc) is 2.86. The Kier molecular flexibility index (Phi) is 3.04. The Bertz CT molecular complexity index is 775. The number of benzene rings is 2. The molecule has 1 N–H and O–H groups in total. The molecule has 0 unspecified atom stereocenters. The maximum atomic E-state index is 5.91. The Balaban J connectivity index is 1.67. The van der Waals surface area contributed by atoms with Crippen LogP contribution in [0.5, 0.6) is 0 Å². The molecule has 1 fully saturated rings. The molecule has 0 saturated heterocycles. The van der Waals surface area contributed by atoms with Gasteiger partial charge in [0.2, 0.25) is 0 Å². The van der Waals surface area contributed by atoms with Gasteiger partial charge in [-0.2, -0.15) is 4.80 Å². The number of nitrogens with zero attached hydrogens (tertiary/aromatic N) is 3. The van der Waals surface area contributed by atoms with Crippen LogP contribution in [0.25, 0.3) is 16.7 Å². The van der Waals surface area contributed by atoms with Crippen LogP contribution in [-0.2, 0) is 0 Å². The molecule has 21 heavy (non-hydrogen) atoms. The number of aromatic nitrogens is 3. The predicted molar refractivity (Wildman–Crippen MR) is 85.1 cm³/mol. The van der Waals surface area contributed by atoms with Gasteiger partial charge < -0.3 is 5.32 Å². The van der Waals surface area contributed by atoms with Gasteiger partial charge in [0, 0.05) is 16.8 Å². The monoisotopic (exact) mass is 298 g/mol. The van der Waals surface area contributed by atoms with Crippen molar-refractivity contribution < 1.29 is 0 Å². The van der Waals surface area contributed by atoms with Crippen LogP contribution in [0, 0.1) is 0 Å². The van der Waals surface area contributed by atoms with Crippen LogP contribution in [0.1, 0.15) is 19.3 Å². The number of hydrogen-bond donors (Lipinski definition) is 1. The summed E-state index contributed by atoms with van der Waals surface area (Å²) in [5.74, 6) is 0. The van der Waals surface area contributed by atoms with Crippen molar-refractivity contribution in [3.63, 3.8) is 0 Å². The van der Waals surface area contributed by atoms with Crippen LogP contribution in [0.3, 0.4) is 0 Å². The molecule has 1 aliphatic rings. The molecule has 0 atom stereocenters. The minimum atomic E-state index is 0.619. The van der Waals surface area contributed by atoms with Crippen molar-refractivity contribution in [3.8, 4) is 5.69 Å². The average molecular weight is 299 g/mol. The highest BCUT2D eigenvalue weighted by Crippen LogP contribution is 2.25. The van der Waals surface area contributed by atoms with E-state index in [1.54, 1.807) is 4.80 Å². The summed E-state index contributed by atoms with van der Waals surface area (Å²) in [6, 6.07) is 14.3. The van der Waals surface area contributed by atoms with Crippen LogP contribution in [0.4, 0.5) is 5.69 Å². The van der Waals surface area contributed by atoms with Gasteiger partial charge in [-0.05, 0) is 61.7 Å². The van der Waals surface area contributed by atoms with Crippen LogP contribution >= 0.6 is 11.6 Å². The Labute approximate surface area is 127 Å². The fourth-order valence-electron chi connectivity index (χ4n) is 2.48. The van der Waals surface area contributed by atoms with Crippen LogP contribution in [0.2, 0.25) is 5.02 Å². The summed E-state index contributed by atoms with van der Waals surface area (Å²) in [5, 5.41) is 13.3. The number of anilines is 1. The van der Waals surface area contributed by atoms with Crippen molar-refractivity contribution in [1.29, 1.82) is 0 Å². The normalized spacial score (nSPS) is 15.1. The fourth-order valence-corrected chi connectivity index (χ4v) is 2.61. The summed E-state index contributed by atoms with van der Waals surface area (Å²) in [4.78, 5) is 1.65. The van der Waals surface area contributed by atoms with Gasteiger partial charge in [0.1, 0.15) is 11.0 Å². The highest BCUT2D eigenvalue weighted by atomic mass is 35.5. The molecule has 1 saturated carbocycles. The topological polar surface area (TPSA) is 42.7 Å². The third kappa shape index (κ3) is 2.47.